The van der Waals surface area contributed by atoms with Crippen LogP contribution in [-0.4, -0.2) is 63.7 Å². The zero-order valence-corrected chi connectivity index (χ0v) is 14.8. The monoisotopic (exact) mass is 322 g/mol. The van der Waals surface area contributed by atoms with Crippen LogP contribution < -0.4 is 9.47 Å². The zero-order chi connectivity index (χ0) is 16.7. The summed E-state index contributed by atoms with van der Waals surface area (Å²) in [7, 11) is 8.16. The molecule has 0 aromatic heterocycles. The van der Waals surface area contributed by atoms with Crippen molar-refractivity contribution in [3.63, 3.8) is 0 Å². The minimum absolute atomic E-state index is 0.0602. The van der Waals surface area contributed by atoms with Gasteiger partial charge in [-0.2, -0.15) is 0 Å². The third-order valence-electron chi connectivity index (χ3n) is 4.00. The summed E-state index contributed by atoms with van der Waals surface area (Å²) in [6.45, 7) is 1.55. The van der Waals surface area contributed by atoms with Crippen LogP contribution in [0.25, 0.3) is 0 Å². The first-order valence-corrected chi connectivity index (χ1v) is 8.40. The van der Waals surface area contributed by atoms with Gasteiger partial charge in [-0.3, -0.25) is 9.80 Å². The van der Waals surface area contributed by atoms with Crippen LogP contribution in [0.4, 0.5) is 0 Å². The first-order valence-electron chi connectivity index (χ1n) is 8.40. The van der Waals surface area contributed by atoms with Crippen molar-refractivity contribution in [2.24, 2.45) is 0 Å². The van der Waals surface area contributed by atoms with E-state index in [1.165, 1.54) is 0 Å². The Hall–Kier alpha value is -1.30. The Morgan fingerprint density at radius 1 is 0.739 bits per heavy atom. The quantitative estimate of drug-likeness (QED) is 0.836. The van der Waals surface area contributed by atoms with Gasteiger partial charge < -0.3 is 14.2 Å². The van der Waals surface area contributed by atoms with Crippen LogP contribution in [0.5, 0.6) is 11.5 Å². The molecule has 0 N–H and O–H groups in total. The zero-order valence-electron chi connectivity index (χ0n) is 14.8. The Labute approximate surface area is 140 Å². The summed E-state index contributed by atoms with van der Waals surface area (Å²) in [5, 5.41) is 0. The van der Waals surface area contributed by atoms with Gasteiger partial charge in [0.15, 0.2) is 12.5 Å². The van der Waals surface area contributed by atoms with Gasteiger partial charge in [0.2, 0.25) is 0 Å². The molecule has 0 saturated heterocycles. The second kappa shape index (κ2) is 9.11. The van der Waals surface area contributed by atoms with Gasteiger partial charge in [0.05, 0.1) is 0 Å². The first-order chi connectivity index (χ1) is 11.1. The van der Waals surface area contributed by atoms with Crippen molar-refractivity contribution in [1.82, 2.24) is 9.80 Å². The Kier molecular flexibility index (Phi) is 7.15. The number of benzene rings is 1. The van der Waals surface area contributed by atoms with E-state index < -0.39 is 0 Å². The molecule has 1 aromatic rings. The molecule has 0 spiro atoms. The van der Waals surface area contributed by atoms with E-state index in [4.69, 9.17) is 14.2 Å². The summed E-state index contributed by atoms with van der Waals surface area (Å²) >= 11 is 0. The van der Waals surface area contributed by atoms with Crippen molar-refractivity contribution in [3.05, 3.63) is 24.3 Å². The van der Waals surface area contributed by atoms with Crippen LogP contribution in [0, 0.1) is 0 Å². The van der Waals surface area contributed by atoms with Crippen molar-refractivity contribution >= 4 is 0 Å². The molecule has 130 valence electrons. The molecule has 0 aliphatic carbocycles. The standard InChI is InChI=1S/C18H30N2O3/c1-19(2)17-7-5-13-21-14-6-8-18(20(3)4)23-16-11-9-15(22-17)10-12-16/h9-12,17-18H,5-8,13-14H2,1-4H3. The Morgan fingerprint density at radius 2 is 1.13 bits per heavy atom. The second-order valence-electron chi connectivity index (χ2n) is 6.44. The van der Waals surface area contributed by atoms with Gasteiger partial charge in [-0.15, -0.1) is 0 Å². The molecule has 5 nitrogen and oxygen atoms in total. The van der Waals surface area contributed by atoms with Gasteiger partial charge in [0.1, 0.15) is 11.5 Å². The van der Waals surface area contributed by atoms with Crippen LogP contribution in [0.15, 0.2) is 24.3 Å². The van der Waals surface area contributed by atoms with Gasteiger partial charge in [-0.05, 0) is 65.3 Å². The number of ether oxygens (including phenoxy) is 3. The lowest BCUT2D eigenvalue weighted by Crippen LogP contribution is -2.33. The highest BCUT2D eigenvalue weighted by Crippen LogP contribution is 2.22. The lowest BCUT2D eigenvalue weighted by molar-refractivity contribution is 0.0352. The van der Waals surface area contributed by atoms with Crippen LogP contribution in [0.3, 0.4) is 0 Å². The molecule has 23 heavy (non-hydrogen) atoms. The topological polar surface area (TPSA) is 34.2 Å². The van der Waals surface area contributed by atoms with Gasteiger partial charge >= 0.3 is 0 Å². The lowest BCUT2D eigenvalue weighted by atomic mass is 10.2. The molecule has 2 atom stereocenters. The SMILES string of the molecule is CN(C)C1CCCOCCCC(N(C)C)Oc2ccc(cc2)O1. The number of hydrogen-bond donors (Lipinski definition) is 0. The highest BCUT2D eigenvalue weighted by molar-refractivity contribution is 5.31. The fourth-order valence-corrected chi connectivity index (χ4v) is 2.58. The highest BCUT2D eigenvalue weighted by atomic mass is 16.5. The van der Waals surface area contributed by atoms with Crippen LogP contribution in [0.1, 0.15) is 25.7 Å². The summed E-state index contributed by atoms with van der Waals surface area (Å²) in [6, 6.07) is 7.92. The molecule has 1 aromatic carbocycles. The molecule has 5 heteroatoms. The molecule has 2 aliphatic heterocycles. The molecule has 2 heterocycles. The third-order valence-corrected chi connectivity index (χ3v) is 4.00. The van der Waals surface area contributed by atoms with Crippen molar-refractivity contribution in [3.8, 4) is 11.5 Å². The lowest BCUT2D eigenvalue weighted by Gasteiger charge is -2.26. The Morgan fingerprint density at radius 3 is 1.48 bits per heavy atom. The molecule has 0 fully saturated rings. The molecular weight excluding hydrogens is 292 g/mol. The molecule has 2 bridgehead atoms. The minimum atomic E-state index is 0.0602. The van der Waals surface area contributed by atoms with E-state index in [2.05, 4.69) is 9.80 Å². The number of fused-ring (bicyclic) bond motifs is 12. The molecule has 2 aliphatic rings. The van der Waals surface area contributed by atoms with E-state index in [1.807, 2.05) is 52.5 Å². The van der Waals surface area contributed by atoms with E-state index in [1.54, 1.807) is 0 Å². The van der Waals surface area contributed by atoms with E-state index in [-0.39, 0.29) is 12.5 Å². The molecule has 0 amide bonds. The van der Waals surface area contributed by atoms with Crippen molar-refractivity contribution < 1.29 is 14.2 Å². The largest absolute Gasteiger partial charge is 0.475 e. The average molecular weight is 322 g/mol. The predicted molar refractivity (Wildman–Crippen MR) is 91.9 cm³/mol. The fourth-order valence-electron chi connectivity index (χ4n) is 2.58. The Bertz CT molecular complexity index is 407. The molecular formula is C18H30N2O3. The second-order valence-corrected chi connectivity index (χ2v) is 6.44. The maximum Gasteiger partial charge on any atom is 0.152 e. The Balaban J connectivity index is 2.10. The van der Waals surface area contributed by atoms with Crippen molar-refractivity contribution in [2.45, 2.75) is 38.1 Å². The summed E-state index contributed by atoms with van der Waals surface area (Å²) in [5.41, 5.74) is 0. The summed E-state index contributed by atoms with van der Waals surface area (Å²) < 4.78 is 17.9. The van der Waals surface area contributed by atoms with Crippen LogP contribution in [0.2, 0.25) is 0 Å². The first kappa shape index (κ1) is 18.0. The predicted octanol–water partition coefficient (Wildman–Crippen LogP) is 2.81. The van der Waals surface area contributed by atoms with E-state index in [9.17, 15) is 0 Å². The van der Waals surface area contributed by atoms with Gasteiger partial charge in [0, 0.05) is 26.1 Å². The van der Waals surface area contributed by atoms with E-state index >= 15 is 0 Å². The molecule has 2 unspecified atom stereocenters. The van der Waals surface area contributed by atoms with Crippen LogP contribution in [-0.2, 0) is 4.74 Å². The summed E-state index contributed by atoms with van der Waals surface area (Å²) in [4.78, 5) is 4.20. The summed E-state index contributed by atoms with van der Waals surface area (Å²) in [6.07, 6.45) is 4.01. The summed E-state index contributed by atoms with van der Waals surface area (Å²) in [5.74, 6) is 1.74. The van der Waals surface area contributed by atoms with Crippen molar-refractivity contribution in [1.29, 1.82) is 0 Å². The molecule has 3 rings (SSSR count). The van der Waals surface area contributed by atoms with Gasteiger partial charge in [-0.25, -0.2) is 0 Å². The number of rotatable bonds is 2. The highest BCUT2D eigenvalue weighted by Gasteiger charge is 2.16. The van der Waals surface area contributed by atoms with Crippen molar-refractivity contribution in [2.75, 3.05) is 41.4 Å². The normalized spacial score (nSPS) is 23.9. The minimum Gasteiger partial charge on any atom is -0.475 e. The van der Waals surface area contributed by atoms with Gasteiger partial charge in [-0.1, -0.05) is 0 Å². The van der Waals surface area contributed by atoms with Gasteiger partial charge in [0.25, 0.3) is 0 Å². The average Bonchev–Trinajstić information content (AvgIpc) is 2.53. The molecule has 0 radical (unpaired) electrons. The van der Waals surface area contributed by atoms with Crippen LogP contribution >= 0.6 is 0 Å². The smallest absolute Gasteiger partial charge is 0.152 e. The molecule has 0 saturated carbocycles. The number of hydrogen-bond acceptors (Lipinski definition) is 5. The number of nitrogens with zero attached hydrogens (tertiary/aromatic N) is 2. The van der Waals surface area contributed by atoms with E-state index in [0.29, 0.717) is 0 Å². The fraction of sp³-hybridized carbons (Fsp3) is 0.667. The maximum atomic E-state index is 6.08. The maximum absolute atomic E-state index is 6.08. The van der Waals surface area contributed by atoms with E-state index in [0.717, 1.165) is 50.4 Å². The third kappa shape index (κ3) is 6.01.